The third-order valence-corrected chi connectivity index (χ3v) is 0.366. The number of nitrogens with one attached hydrogen (secondary N) is 1. The van der Waals surface area contributed by atoms with Gasteiger partial charge in [0, 0.05) is 0 Å². The first kappa shape index (κ1) is 16.7. The second-order valence-corrected chi connectivity index (χ2v) is 0.704. The summed E-state index contributed by atoms with van der Waals surface area (Å²) in [4.78, 5) is 0. The molecule has 0 radical (unpaired) electrons. The van der Waals surface area contributed by atoms with E-state index in [-0.39, 0.29) is 0 Å². The van der Waals surface area contributed by atoms with Crippen molar-refractivity contribution in [1.29, 1.82) is 0 Å². The molecule has 0 fully saturated rings. The van der Waals surface area contributed by atoms with Crippen LogP contribution in [0.15, 0.2) is 5.10 Å². The molecular formula is C8H22N2O. The average Bonchev–Trinajstić information content (AvgIpc) is 2.71. The van der Waals surface area contributed by atoms with E-state index in [1.165, 1.54) is 6.40 Å². The summed E-state index contributed by atoms with van der Waals surface area (Å²) in [6.07, 6.45) is 1.38. The lowest BCUT2D eigenvalue weighted by Crippen LogP contribution is -1.98. The molecule has 0 saturated carbocycles. The fourth-order valence-electron chi connectivity index (χ4n) is 0.186. The topological polar surface area (TPSA) is 33.6 Å². The molecule has 3 heteroatoms. The van der Waals surface area contributed by atoms with E-state index in [1.54, 1.807) is 0 Å². The maximum absolute atomic E-state index is 4.54. The highest BCUT2D eigenvalue weighted by atomic mass is 16.5. The molecular weight excluding hydrogens is 140 g/mol. The van der Waals surface area contributed by atoms with Gasteiger partial charge in [0.05, 0.1) is 0 Å². The van der Waals surface area contributed by atoms with Crippen LogP contribution >= 0.6 is 0 Å². The highest BCUT2D eigenvalue weighted by molar-refractivity contribution is 5.46. The number of hydrogen-bond acceptors (Lipinski definition) is 3. The molecule has 0 unspecified atom stereocenters. The molecule has 0 saturated heterocycles. The normalized spacial score (nSPS) is 9.64. The summed E-state index contributed by atoms with van der Waals surface area (Å²) in [6, 6.07) is 0. The Morgan fingerprint density at radius 1 is 1.09 bits per heavy atom. The van der Waals surface area contributed by atoms with E-state index in [2.05, 4.69) is 15.3 Å². The van der Waals surface area contributed by atoms with E-state index in [9.17, 15) is 0 Å². The van der Waals surface area contributed by atoms with Crippen molar-refractivity contribution in [3.63, 3.8) is 0 Å². The van der Waals surface area contributed by atoms with Crippen LogP contribution in [0.4, 0.5) is 0 Å². The van der Waals surface area contributed by atoms with Crippen LogP contribution < -0.4 is 5.43 Å². The van der Waals surface area contributed by atoms with Gasteiger partial charge in [0.25, 0.3) is 0 Å². The predicted molar refractivity (Wildman–Crippen MR) is 51.6 cm³/mol. The molecule has 0 aromatic rings. The van der Waals surface area contributed by atoms with Gasteiger partial charge in [0.15, 0.2) is 13.1 Å². The summed E-state index contributed by atoms with van der Waals surface area (Å²) in [5.41, 5.74) is 2.57. The molecule has 0 bridgehead atoms. The standard InChI is InChI=1S/C2H4N2O.3C2H6/c1-3-4-2-5-1;3*1-2/h1,4H,2H2;3*1-2H3. The van der Waals surface area contributed by atoms with Crippen molar-refractivity contribution in [2.45, 2.75) is 41.5 Å². The van der Waals surface area contributed by atoms with Crippen LogP contribution in [-0.2, 0) is 4.74 Å². The van der Waals surface area contributed by atoms with Gasteiger partial charge in [-0.1, -0.05) is 41.5 Å². The minimum absolute atomic E-state index is 0.528. The maximum atomic E-state index is 4.54. The van der Waals surface area contributed by atoms with Gasteiger partial charge in [-0.05, 0) is 0 Å². The number of nitrogens with zero attached hydrogens (tertiary/aromatic N) is 1. The molecule has 1 rings (SSSR count). The van der Waals surface area contributed by atoms with Crippen LogP contribution in [-0.4, -0.2) is 13.1 Å². The Morgan fingerprint density at radius 2 is 1.55 bits per heavy atom. The zero-order valence-electron chi connectivity index (χ0n) is 8.64. The Kier molecular flexibility index (Phi) is 52.8. The zero-order valence-corrected chi connectivity index (χ0v) is 8.64. The van der Waals surface area contributed by atoms with E-state index < -0.39 is 0 Å². The van der Waals surface area contributed by atoms with E-state index in [0.717, 1.165) is 0 Å². The van der Waals surface area contributed by atoms with Gasteiger partial charge in [-0.3, -0.25) is 5.43 Å². The first-order valence-corrected chi connectivity index (χ1v) is 4.36. The molecule has 0 aromatic carbocycles. The molecule has 1 heterocycles. The summed E-state index contributed by atoms with van der Waals surface area (Å²) in [7, 11) is 0. The number of hydrazone groups is 1. The Hall–Kier alpha value is -0.730. The Bertz CT molecular complexity index is 50.1. The maximum Gasteiger partial charge on any atom is 0.194 e. The summed E-state index contributed by atoms with van der Waals surface area (Å²) in [6.45, 7) is 12.5. The molecule has 3 nitrogen and oxygen atoms in total. The molecule has 11 heavy (non-hydrogen) atoms. The third kappa shape index (κ3) is 26.9. The molecule has 0 atom stereocenters. The van der Waals surface area contributed by atoms with Gasteiger partial charge in [-0.2, -0.15) is 0 Å². The van der Waals surface area contributed by atoms with Crippen LogP contribution in [0.2, 0.25) is 0 Å². The highest BCUT2D eigenvalue weighted by Gasteiger charge is 1.81. The van der Waals surface area contributed by atoms with Gasteiger partial charge in [0.1, 0.15) is 0 Å². The van der Waals surface area contributed by atoms with Crippen molar-refractivity contribution >= 4 is 6.40 Å². The monoisotopic (exact) mass is 162 g/mol. The number of ether oxygens (including phenoxy) is 1. The van der Waals surface area contributed by atoms with Crippen molar-refractivity contribution < 1.29 is 4.74 Å². The minimum Gasteiger partial charge on any atom is -0.460 e. The van der Waals surface area contributed by atoms with E-state index in [4.69, 9.17) is 0 Å². The largest absolute Gasteiger partial charge is 0.460 e. The summed E-state index contributed by atoms with van der Waals surface area (Å²) in [5, 5.41) is 3.49. The molecule has 1 aliphatic rings. The lowest BCUT2D eigenvalue weighted by atomic mass is 11.0. The molecule has 0 aromatic heterocycles. The Labute approximate surface area is 70.8 Å². The van der Waals surface area contributed by atoms with Gasteiger partial charge in [-0.25, -0.2) is 0 Å². The van der Waals surface area contributed by atoms with Crippen LogP contribution in [0, 0.1) is 0 Å². The van der Waals surface area contributed by atoms with Gasteiger partial charge >= 0.3 is 0 Å². The van der Waals surface area contributed by atoms with E-state index in [1.807, 2.05) is 41.5 Å². The third-order valence-electron chi connectivity index (χ3n) is 0.366. The molecule has 70 valence electrons. The molecule has 1 aliphatic heterocycles. The highest BCUT2D eigenvalue weighted by Crippen LogP contribution is 1.69. The smallest absolute Gasteiger partial charge is 0.194 e. The van der Waals surface area contributed by atoms with Crippen molar-refractivity contribution in [1.82, 2.24) is 5.43 Å². The first-order chi connectivity index (χ1) is 5.50. The fourth-order valence-corrected chi connectivity index (χ4v) is 0.186. The van der Waals surface area contributed by atoms with Crippen LogP contribution in [0.1, 0.15) is 41.5 Å². The Balaban J connectivity index is -0.0000000933. The van der Waals surface area contributed by atoms with Crippen molar-refractivity contribution in [3.8, 4) is 0 Å². The lowest BCUT2D eigenvalue weighted by molar-refractivity contribution is 0.327. The first-order valence-electron chi connectivity index (χ1n) is 4.36. The fraction of sp³-hybridized carbons (Fsp3) is 0.875. The minimum atomic E-state index is 0.528. The predicted octanol–water partition coefficient (Wildman–Crippen LogP) is 2.59. The second kappa shape index (κ2) is 34.8. The number of rotatable bonds is 0. The van der Waals surface area contributed by atoms with Gasteiger partial charge in [0.2, 0.25) is 0 Å². The SMILES string of the molecule is C1=NNCO1.CC.CC.CC. The summed E-state index contributed by atoms with van der Waals surface area (Å²) >= 11 is 0. The van der Waals surface area contributed by atoms with Gasteiger partial charge in [-0.15, -0.1) is 5.10 Å². The second-order valence-electron chi connectivity index (χ2n) is 0.704. The van der Waals surface area contributed by atoms with Crippen LogP contribution in [0.3, 0.4) is 0 Å². The average molecular weight is 162 g/mol. The van der Waals surface area contributed by atoms with Crippen LogP contribution in [0.25, 0.3) is 0 Å². The van der Waals surface area contributed by atoms with E-state index in [0.29, 0.717) is 6.73 Å². The molecule has 0 aliphatic carbocycles. The van der Waals surface area contributed by atoms with E-state index >= 15 is 0 Å². The quantitative estimate of drug-likeness (QED) is 0.594. The molecule has 0 spiro atoms. The summed E-state index contributed by atoms with van der Waals surface area (Å²) < 4.78 is 4.54. The lowest BCUT2D eigenvalue weighted by Gasteiger charge is -1.79. The molecule has 1 N–H and O–H groups in total. The van der Waals surface area contributed by atoms with Crippen molar-refractivity contribution in [3.05, 3.63) is 0 Å². The Morgan fingerprint density at radius 3 is 1.64 bits per heavy atom. The zero-order chi connectivity index (χ0) is 9.54. The van der Waals surface area contributed by atoms with Crippen molar-refractivity contribution in [2.24, 2.45) is 5.10 Å². The molecule has 0 amide bonds. The van der Waals surface area contributed by atoms with Crippen LogP contribution in [0.5, 0.6) is 0 Å². The summed E-state index contributed by atoms with van der Waals surface area (Å²) in [5.74, 6) is 0. The van der Waals surface area contributed by atoms with Crippen molar-refractivity contribution in [2.75, 3.05) is 6.73 Å². The van der Waals surface area contributed by atoms with Gasteiger partial charge < -0.3 is 4.74 Å². The number of hydrogen-bond donors (Lipinski definition) is 1.